The highest BCUT2D eigenvalue weighted by molar-refractivity contribution is 5.67. The molecule has 0 aromatic rings. The molecule has 0 fully saturated rings. The molecule has 7 heteroatoms. The van der Waals surface area contributed by atoms with Crippen molar-refractivity contribution in [3.8, 4) is 0 Å². The Kier molecular flexibility index (Phi) is 25.7. The Bertz CT molecular complexity index is 565. The SMILES string of the molecule is CCCCCCCCCOC(=O)OCCCCCCN(CCCCCCCC)CCCNC(=O)OC(C)(C)C. The van der Waals surface area contributed by atoms with Crippen molar-refractivity contribution in [2.75, 3.05) is 39.4 Å². The minimum absolute atomic E-state index is 0.339. The molecule has 0 aromatic heterocycles. The smallest absolute Gasteiger partial charge is 0.444 e. The van der Waals surface area contributed by atoms with Gasteiger partial charge in [-0.2, -0.15) is 0 Å². The molecule has 0 unspecified atom stereocenters. The second kappa shape index (κ2) is 26.7. The summed E-state index contributed by atoms with van der Waals surface area (Å²) in [6.45, 7) is 14.8. The topological polar surface area (TPSA) is 77.1 Å². The summed E-state index contributed by atoms with van der Waals surface area (Å²) in [5.74, 6) is 0. The van der Waals surface area contributed by atoms with E-state index in [1.807, 2.05) is 20.8 Å². The molecule has 39 heavy (non-hydrogen) atoms. The molecule has 0 aliphatic carbocycles. The summed E-state index contributed by atoms with van der Waals surface area (Å²) in [6.07, 6.45) is 20.5. The van der Waals surface area contributed by atoms with Crippen LogP contribution in [-0.2, 0) is 14.2 Å². The molecule has 0 spiro atoms. The van der Waals surface area contributed by atoms with Gasteiger partial charge < -0.3 is 24.4 Å². The summed E-state index contributed by atoms with van der Waals surface area (Å²) in [7, 11) is 0. The van der Waals surface area contributed by atoms with E-state index in [0.717, 1.165) is 64.6 Å². The van der Waals surface area contributed by atoms with E-state index in [9.17, 15) is 9.59 Å². The van der Waals surface area contributed by atoms with Crippen LogP contribution in [0, 0.1) is 0 Å². The first-order valence-corrected chi connectivity index (χ1v) is 16.3. The van der Waals surface area contributed by atoms with Crippen molar-refractivity contribution in [1.82, 2.24) is 10.2 Å². The molecule has 0 aromatic carbocycles. The van der Waals surface area contributed by atoms with Gasteiger partial charge in [0, 0.05) is 6.54 Å². The molecule has 0 aliphatic rings. The third-order valence-corrected chi connectivity index (χ3v) is 6.70. The van der Waals surface area contributed by atoms with E-state index in [0.29, 0.717) is 19.8 Å². The van der Waals surface area contributed by atoms with Gasteiger partial charge in [0.15, 0.2) is 0 Å². The maximum absolute atomic E-state index is 11.9. The average molecular weight is 557 g/mol. The van der Waals surface area contributed by atoms with Crippen LogP contribution in [0.15, 0.2) is 0 Å². The molecule has 0 atom stereocenters. The van der Waals surface area contributed by atoms with Crippen LogP contribution in [0.5, 0.6) is 0 Å². The predicted molar refractivity (Wildman–Crippen MR) is 162 cm³/mol. The summed E-state index contributed by atoms with van der Waals surface area (Å²) >= 11 is 0. The number of rotatable bonds is 26. The van der Waals surface area contributed by atoms with Crippen molar-refractivity contribution < 1.29 is 23.8 Å². The number of carbonyl (C=O) groups excluding carboxylic acids is 2. The fourth-order valence-corrected chi connectivity index (χ4v) is 4.46. The van der Waals surface area contributed by atoms with Crippen LogP contribution >= 0.6 is 0 Å². The predicted octanol–water partition coefficient (Wildman–Crippen LogP) is 9.03. The number of alkyl carbamates (subject to hydrolysis) is 1. The van der Waals surface area contributed by atoms with E-state index >= 15 is 0 Å². The van der Waals surface area contributed by atoms with Crippen molar-refractivity contribution >= 4 is 12.2 Å². The lowest BCUT2D eigenvalue weighted by Gasteiger charge is -2.23. The zero-order valence-corrected chi connectivity index (χ0v) is 26.5. The van der Waals surface area contributed by atoms with Crippen molar-refractivity contribution in [3.05, 3.63) is 0 Å². The van der Waals surface area contributed by atoms with Crippen LogP contribution in [0.2, 0.25) is 0 Å². The largest absolute Gasteiger partial charge is 0.508 e. The molecule has 0 rings (SSSR count). The number of nitrogens with one attached hydrogen (secondary N) is 1. The number of unbranched alkanes of at least 4 members (excludes halogenated alkanes) is 14. The first kappa shape index (κ1) is 37.5. The van der Waals surface area contributed by atoms with E-state index in [4.69, 9.17) is 14.2 Å². The van der Waals surface area contributed by atoms with Crippen LogP contribution in [0.25, 0.3) is 0 Å². The Hall–Kier alpha value is -1.50. The molecule has 1 N–H and O–H groups in total. The van der Waals surface area contributed by atoms with E-state index < -0.39 is 11.8 Å². The molecule has 0 aliphatic heterocycles. The Balaban J connectivity index is 3.95. The fourth-order valence-electron chi connectivity index (χ4n) is 4.46. The number of carbonyl (C=O) groups is 2. The van der Waals surface area contributed by atoms with Gasteiger partial charge in [-0.15, -0.1) is 0 Å². The number of hydrogen-bond donors (Lipinski definition) is 1. The minimum Gasteiger partial charge on any atom is -0.444 e. The van der Waals surface area contributed by atoms with Gasteiger partial charge in [-0.1, -0.05) is 97.3 Å². The molecule has 232 valence electrons. The molecule has 0 saturated carbocycles. The summed E-state index contributed by atoms with van der Waals surface area (Å²) in [5, 5.41) is 2.87. The van der Waals surface area contributed by atoms with Gasteiger partial charge in [-0.3, -0.25) is 0 Å². The summed E-state index contributed by atoms with van der Waals surface area (Å²) < 4.78 is 15.7. The van der Waals surface area contributed by atoms with Crippen molar-refractivity contribution in [2.45, 2.75) is 156 Å². The van der Waals surface area contributed by atoms with Crippen LogP contribution in [0.1, 0.15) is 150 Å². The number of nitrogens with zero attached hydrogens (tertiary/aromatic N) is 1. The van der Waals surface area contributed by atoms with Gasteiger partial charge in [0.25, 0.3) is 0 Å². The zero-order chi connectivity index (χ0) is 29.0. The van der Waals surface area contributed by atoms with Gasteiger partial charge in [0.1, 0.15) is 5.60 Å². The average Bonchev–Trinajstić information content (AvgIpc) is 2.88. The lowest BCUT2D eigenvalue weighted by Crippen LogP contribution is -2.35. The lowest BCUT2D eigenvalue weighted by molar-refractivity contribution is 0.0515. The Labute approximate surface area is 241 Å². The molecule has 0 radical (unpaired) electrons. The second-order valence-electron chi connectivity index (χ2n) is 11.9. The van der Waals surface area contributed by atoms with Crippen LogP contribution in [-0.4, -0.2) is 62.1 Å². The molecular weight excluding hydrogens is 492 g/mol. The number of hydrogen-bond acceptors (Lipinski definition) is 6. The zero-order valence-electron chi connectivity index (χ0n) is 26.5. The Morgan fingerprint density at radius 3 is 1.46 bits per heavy atom. The second-order valence-corrected chi connectivity index (χ2v) is 11.9. The number of ether oxygens (including phenoxy) is 3. The van der Waals surface area contributed by atoms with E-state index in [-0.39, 0.29) is 6.09 Å². The third kappa shape index (κ3) is 29.3. The minimum atomic E-state index is -0.522. The molecule has 1 amide bonds. The monoisotopic (exact) mass is 556 g/mol. The molecule has 0 saturated heterocycles. The summed E-state index contributed by atoms with van der Waals surface area (Å²) in [6, 6.07) is 0. The van der Waals surface area contributed by atoms with E-state index in [1.165, 1.54) is 70.6 Å². The standard InChI is InChI=1S/C32H64N2O5/c1-6-8-10-12-14-17-21-28-37-31(36)38-29-22-18-16-20-26-34(25-19-15-13-11-9-7-2)27-23-24-33-30(35)39-32(3,4)5/h6-29H2,1-5H3,(H,33,35). The maximum atomic E-state index is 11.9. The number of amides is 1. The highest BCUT2D eigenvalue weighted by atomic mass is 16.7. The third-order valence-electron chi connectivity index (χ3n) is 6.70. The van der Waals surface area contributed by atoms with Crippen molar-refractivity contribution in [2.24, 2.45) is 0 Å². The lowest BCUT2D eigenvalue weighted by atomic mass is 10.1. The van der Waals surface area contributed by atoms with Gasteiger partial charge >= 0.3 is 12.2 Å². The molecular formula is C32H64N2O5. The van der Waals surface area contributed by atoms with Crippen LogP contribution < -0.4 is 5.32 Å². The molecule has 7 nitrogen and oxygen atoms in total. The molecule has 0 heterocycles. The summed E-state index contributed by atoms with van der Waals surface area (Å²) in [5.41, 5.74) is -0.466. The van der Waals surface area contributed by atoms with Gasteiger partial charge in [-0.25, -0.2) is 9.59 Å². The normalized spacial score (nSPS) is 11.5. The van der Waals surface area contributed by atoms with Gasteiger partial charge in [-0.05, 0) is 72.5 Å². The summed E-state index contributed by atoms with van der Waals surface area (Å²) in [4.78, 5) is 26.1. The van der Waals surface area contributed by atoms with Crippen molar-refractivity contribution in [3.63, 3.8) is 0 Å². The highest BCUT2D eigenvalue weighted by Gasteiger charge is 2.15. The quantitative estimate of drug-likeness (QED) is 0.0846. The van der Waals surface area contributed by atoms with E-state index in [2.05, 4.69) is 24.1 Å². The first-order chi connectivity index (χ1) is 18.8. The van der Waals surface area contributed by atoms with Crippen molar-refractivity contribution in [1.29, 1.82) is 0 Å². The van der Waals surface area contributed by atoms with Gasteiger partial charge in [0.05, 0.1) is 13.2 Å². The van der Waals surface area contributed by atoms with Crippen LogP contribution in [0.4, 0.5) is 9.59 Å². The first-order valence-electron chi connectivity index (χ1n) is 16.3. The van der Waals surface area contributed by atoms with E-state index in [1.54, 1.807) is 0 Å². The fraction of sp³-hybridized carbons (Fsp3) is 0.938. The Morgan fingerprint density at radius 2 is 1.00 bits per heavy atom. The highest BCUT2D eigenvalue weighted by Crippen LogP contribution is 2.10. The van der Waals surface area contributed by atoms with Gasteiger partial charge in [0.2, 0.25) is 0 Å². The molecule has 0 bridgehead atoms. The van der Waals surface area contributed by atoms with Crippen LogP contribution in [0.3, 0.4) is 0 Å². The maximum Gasteiger partial charge on any atom is 0.508 e. The Morgan fingerprint density at radius 1 is 0.590 bits per heavy atom.